The fourth-order valence-corrected chi connectivity index (χ4v) is 0. The van der Waals surface area contributed by atoms with E-state index in [-0.39, 0.29) is 17.4 Å². The third-order valence-electron chi connectivity index (χ3n) is 0. The van der Waals surface area contributed by atoms with Gasteiger partial charge in [-0.3, -0.25) is 8.42 Å². The molecule has 0 atom stereocenters. The molecule has 0 aliphatic rings. The van der Waals surface area contributed by atoms with Crippen LogP contribution in [0, 0.1) is 0 Å². The van der Waals surface area contributed by atoms with Gasteiger partial charge in [-0.1, -0.05) is 0 Å². The Bertz CT molecular complexity index is 90.7. The average Bonchev–Trinajstić information content (AvgIpc) is 0.722. The first-order valence-electron chi connectivity index (χ1n) is 0.667. The molecule has 0 aliphatic heterocycles. The first-order chi connectivity index (χ1) is 2.00. The van der Waals surface area contributed by atoms with Gasteiger partial charge in [-0.25, -0.2) is 0 Å². The third kappa shape index (κ3) is 315. The predicted octanol–water partition coefficient (Wildman–Crippen LogP) is -1.34. The summed E-state index contributed by atoms with van der Waals surface area (Å²) in [6.45, 7) is 0. The Kier molecular flexibility index (Phi) is 4.10. The van der Waals surface area contributed by atoms with Gasteiger partial charge in [0.2, 0.25) is 0 Å². The van der Waals surface area contributed by atoms with Crippen LogP contribution in [0.3, 0.4) is 0 Å². The fourth-order valence-electron chi connectivity index (χ4n) is 0. The van der Waals surface area contributed by atoms with Crippen molar-refractivity contribution in [3.63, 3.8) is 0 Å². The van der Waals surface area contributed by atoms with Crippen LogP contribution in [0.1, 0.15) is 0 Å². The molecule has 0 rings (SSSR count). The van der Waals surface area contributed by atoms with Crippen LogP contribution in [-0.2, 0) is 27.8 Å². The zero-order valence-corrected chi connectivity index (χ0v) is 4.54. The minimum absolute atomic E-state index is 0. The van der Waals surface area contributed by atoms with Crippen LogP contribution in [0.5, 0.6) is 0 Å². The monoisotopic (exact) mass is 148 g/mol. The molecule has 6 heavy (non-hydrogen) atoms. The predicted molar refractivity (Wildman–Crippen MR) is 10.5 cm³/mol. The van der Waals surface area contributed by atoms with Crippen molar-refractivity contribution in [1.29, 1.82) is 0 Å². The second kappa shape index (κ2) is 2.55. The molecule has 0 heterocycles. The molecular weight excluding hydrogens is 148 g/mol. The van der Waals surface area contributed by atoms with Crippen molar-refractivity contribution in [2.45, 2.75) is 0 Å². The van der Waals surface area contributed by atoms with Crippen LogP contribution >= 0.6 is 0 Å². The zero-order valence-electron chi connectivity index (χ0n) is 2.45. The van der Waals surface area contributed by atoms with Gasteiger partial charge in [-0.2, -0.15) is 0 Å². The molecule has 0 N–H and O–H groups in total. The van der Waals surface area contributed by atoms with Crippen molar-refractivity contribution in [3.8, 4) is 0 Å². The minimum atomic E-state index is -5.17. The van der Waals surface area contributed by atoms with Crippen LogP contribution in [0.4, 0.5) is 0 Å². The number of hydrogen-bond donors (Lipinski definition) is 0. The summed E-state index contributed by atoms with van der Waals surface area (Å²) in [5, 5.41) is 0. The molecule has 6 heteroatoms. The Morgan fingerprint density at radius 2 is 1.17 bits per heavy atom. The van der Waals surface area contributed by atoms with E-state index < -0.39 is 10.4 Å². The fraction of sp³-hybridized carbons (Fsp3) is 0. The van der Waals surface area contributed by atoms with E-state index in [9.17, 15) is 0 Å². The van der Waals surface area contributed by atoms with E-state index in [0.29, 0.717) is 0 Å². The molecule has 1 radical (unpaired) electrons. The summed E-state index contributed by atoms with van der Waals surface area (Å²) >= 11 is 0. The van der Waals surface area contributed by atoms with Gasteiger partial charge in [-0.05, 0) is 0 Å². The first-order valence-corrected chi connectivity index (χ1v) is 2.00. The average molecular weight is 148 g/mol. The van der Waals surface area contributed by atoms with Gasteiger partial charge in [0.1, 0.15) is 0 Å². The normalized spacial score (nSPS) is 9.67. The Hall–Kier alpha value is 0.402. The van der Waals surface area contributed by atoms with Crippen molar-refractivity contribution in [2.24, 2.45) is 0 Å². The van der Waals surface area contributed by atoms with Gasteiger partial charge >= 0.3 is 17.4 Å². The second-order valence-electron chi connectivity index (χ2n) is 0.408. The van der Waals surface area contributed by atoms with Gasteiger partial charge < -0.3 is 9.11 Å². The molecule has 0 aromatic rings. The van der Waals surface area contributed by atoms with Crippen molar-refractivity contribution >= 4 is 10.4 Å². The molecular formula is CrO4S+. The van der Waals surface area contributed by atoms with E-state index in [1.165, 1.54) is 0 Å². The molecule has 0 amide bonds. The van der Waals surface area contributed by atoms with Gasteiger partial charge in [0.05, 0.1) is 0 Å². The van der Waals surface area contributed by atoms with E-state index in [1.807, 2.05) is 0 Å². The number of hydrogen-bond acceptors (Lipinski definition) is 4. The van der Waals surface area contributed by atoms with Crippen molar-refractivity contribution in [3.05, 3.63) is 0 Å². The molecule has 0 aromatic heterocycles. The number of rotatable bonds is 0. The van der Waals surface area contributed by atoms with Crippen molar-refractivity contribution in [1.82, 2.24) is 0 Å². The van der Waals surface area contributed by atoms with Crippen LogP contribution in [0.15, 0.2) is 0 Å². The summed E-state index contributed by atoms with van der Waals surface area (Å²) in [5.74, 6) is 0. The summed E-state index contributed by atoms with van der Waals surface area (Å²) in [4.78, 5) is 0. The van der Waals surface area contributed by atoms with Gasteiger partial charge in [0, 0.05) is 10.4 Å². The molecule has 0 aromatic carbocycles. The summed E-state index contributed by atoms with van der Waals surface area (Å²) in [5.41, 5.74) is 0. The third-order valence-corrected chi connectivity index (χ3v) is 0. The smallest absolute Gasteiger partial charge is 0.759 e. The Morgan fingerprint density at radius 1 is 1.17 bits per heavy atom. The maximum atomic E-state index is 8.52. The van der Waals surface area contributed by atoms with E-state index in [2.05, 4.69) is 0 Å². The van der Waals surface area contributed by atoms with E-state index in [1.54, 1.807) is 0 Å². The van der Waals surface area contributed by atoms with Gasteiger partial charge in [0.25, 0.3) is 0 Å². The van der Waals surface area contributed by atoms with Crippen molar-refractivity contribution in [2.75, 3.05) is 0 Å². The maximum absolute atomic E-state index is 8.52. The van der Waals surface area contributed by atoms with Gasteiger partial charge in [-0.15, -0.1) is 0 Å². The Labute approximate surface area is 45.9 Å². The van der Waals surface area contributed by atoms with Crippen LogP contribution in [-0.4, -0.2) is 17.5 Å². The largest absolute Gasteiger partial charge is 3.00 e. The quantitative estimate of drug-likeness (QED) is 0.314. The Morgan fingerprint density at radius 3 is 1.17 bits per heavy atom. The second-order valence-corrected chi connectivity index (χ2v) is 1.22. The molecule has 0 saturated carbocycles. The van der Waals surface area contributed by atoms with Crippen LogP contribution in [0.25, 0.3) is 0 Å². The van der Waals surface area contributed by atoms with Crippen LogP contribution < -0.4 is 0 Å². The molecule has 0 aliphatic carbocycles. The standard InChI is InChI=1S/Cr.H2O4S/c;1-5(2,3)4/h;(H2,1,2,3,4)/q+3;/p-2. The topological polar surface area (TPSA) is 80.3 Å². The van der Waals surface area contributed by atoms with Crippen LogP contribution in [0.2, 0.25) is 0 Å². The SMILES string of the molecule is O=S(=O)([O-])[O-].[Cr+3]. The zero-order chi connectivity index (χ0) is 4.50. The van der Waals surface area contributed by atoms with E-state index in [0.717, 1.165) is 0 Å². The minimum Gasteiger partial charge on any atom is -0.759 e. The van der Waals surface area contributed by atoms with Crippen molar-refractivity contribution < 1.29 is 34.9 Å². The molecule has 0 saturated heterocycles. The first kappa shape index (κ1) is 9.64. The molecule has 0 fully saturated rings. The van der Waals surface area contributed by atoms with E-state index >= 15 is 0 Å². The molecule has 0 unspecified atom stereocenters. The molecule has 4 nitrogen and oxygen atoms in total. The van der Waals surface area contributed by atoms with Gasteiger partial charge in [0.15, 0.2) is 0 Å². The summed E-state index contributed by atoms with van der Waals surface area (Å²) in [7, 11) is -5.17. The Balaban J connectivity index is 0. The van der Waals surface area contributed by atoms with E-state index in [4.69, 9.17) is 17.5 Å². The molecule has 35 valence electrons. The molecule has 0 bridgehead atoms. The summed E-state index contributed by atoms with van der Waals surface area (Å²) in [6.07, 6.45) is 0. The summed E-state index contributed by atoms with van der Waals surface area (Å²) < 4.78 is 34.1. The molecule has 0 spiro atoms. The summed E-state index contributed by atoms with van der Waals surface area (Å²) in [6, 6.07) is 0. The maximum Gasteiger partial charge on any atom is 3.00 e.